The summed E-state index contributed by atoms with van der Waals surface area (Å²) in [5.41, 5.74) is 0. The average molecular weight is 225 g/mol. The Kier molecular flexibility index (Phi) is 5.07. The van der Waals surface area contributed by atoms with Gasteiger partial charge in [0, 0.05) is 13.1 Å². The van der Waals surface area contributed by atoms with Gasteiger partial charge in [0.25, 0.3) is 0 Å². The first-order valence-electron chi connectivity index (χ1n) is 6.96. The first-order valence-corrected chi connectivity index (χ1v) is 6.96. The van der Waals surface area contributed by atoms with Crippen molar-refractivity contribution in [1.29, 1.82) is 0 Å². The van der Waals surface area contributed by atoms with E-state index in [0.29, 0.717) is 0 Å². The quantitative estimate of drug-likeness (QED) is 0.773. The summed E-state index contributed by atoms with van der Waals surface area (Å²) in [7, 11) is 2.24. The van der Waals surface area contributed by atoms with Gasteiger partial charge >= 0.3 is 0 Å². The molecule has 2 aliphatic heterocycles. The molecule has 1 atom stereocenters. The number of hydrogen-bond donors (Lipinski definition) is 1. The summed E-state index contributed by atoms with van der Waals surface area (Å²) in [4.78, 5) is 5.13. The minimum absolute atomic E-state index is 0.940. The Balaban J connectivity index is 1.64. The van der Waals surface area contributed by atoms with Gasteiger partial charge < -0.3 is 15.1 Å². The molecule has 0 aromatic heterocycles. The highest BCUT2D eigenvalue weighted by Gasteiger charge is 2.16. The van der Waals surface area contributed by atoms with Gasteiger partial charge in [0.2, 0.25) is 0 Å². The molecule has 94 valence electrons. The van der Waals surface area contributed by atoms with Crippen LogP contribution in [0.4, 0.5) is 0 Å². The fraction of sp³-hybridized carbons (Fsp3) is 1.00. The highest BCUT2D eigenvalue weighted by Crippen LogP contribution is 2.15. The molecule has 0 saturated carbocycles. The van der Waals surface area contributed by atoms with E-state index in [1.807, 2.05) is 0 Å². The topological polar surface area (TPSA) is 18.5 Å². The zero-order valence-corrected chi connectivity index (χ0v) is 10.7. The molecule has 2 rings (SSSR count). The molecule has 3 nitrogen and oxygen atoms in total. The normalized spacial score (nSPS) is 30.2. The molecule has 1 N–H and O–H groups in total. The number of rotatable bonds is 3. The maximum atomic E-state index is 3.52. The number of nitrogens with one attached hydrogen (secondary N) is 1. The molecule has 2 aliphatic rings. The van der Waals surface area contributed by atoms with Crippen molar-refractivity contribution < 1.29 is 0 Å². The Morgan fingerprint density at radius 2 is 2.06 bits per heavy atom. The third-order valence-corrected chi connectivity index (χ3v) is 4.06. The van der Waals surface area contributed by atoms with Crippen molar-refractivity contribution >= 4 is 0 Å². The van der Waals surface area contributed by atoms with Crippen LogP contribution in [-0.4, -0.2) is 62.7 Å². The van der Waals surface area contributed by atoms with Crippen LogP contribution in [0.15, 0.2) is 0 Å². The summed E-state index contributed by atoms with van der Waals surface area (Å²) in [6.45, 7) is 8.93. The van der Waals surface area contributed by atoms with E-state index in [-0.39, 0.29) is 0 Å². The van der Waals surface area contributed by atoms with E-state index in [1.54, 1.807) is 0 Å². The van der Waals surface area contributed by atoms with Crippen LogP contribution in [0.3, 0.4) is 0 Å². The molecule has 0 amide bonds. The predicted molar refractivity (Wildman–Crippen MR) is 68.8 cm³/mol. The van der Waals surface area contributed by atoms with E-state index in [4.69, 9.17) is 0 Å². The Labute approximate surface area is 100 Å². The van der Waals surface area contributed by atoms with Gasteiger partial charge in [0.05, 0.1) is 0 Å². The van der Waals surface area contributed by atoms with Crippen LogP contribution < -0.4 is 5.32 Å². The third kappa shape index (κ3) is 4.04. The summed E-state index contributed by atoms with van der Waals surface area (Å²) < 4.78 is 0. The zero-order valence-electron chi connectivity index (χ0n) is 10.7. The molecular weight excluding hydrogens is 198 g/mol. The largest absolute Gasteiger partial charge is 0.316 e. The van der Waals surface area contributed by atoms with Crippen LogP contribution in [0, 0.1) is 5.92 Å². The van der Waals surface area contributed by atoms with Crippen LogP contribution in [0.25, 0.3) is 0 Å². The number of piperidine rings is 1. The smallest absolute Gasteiger partial charge is 0.0109 e. The molecule has 0 aromatic carbocycles. The highest BCUT2D eigenvalue weighted by molar-refractivity contribution is 4.73. The number of hydrogen-bond acceptors (Lipinski definition) is 3. The van der Waals surface area contributed by atoms with E-state index >= 15 is 0 Å². The van der Waals surface area contributed by atoms with Crippen LogP contribution in [0.2, 0.25) is 0 Å². The molecule has 16 heavy (non-hydrogen) atoms. The standard InChI is InChI=1S/C13H27N3/c1-15-7-3-8-16(11-10-15)9-5-13-4-2-6-14-12-13/h13-14H,2-12H2,1H3/t13-/m0/s1. The second kappa shape index (κ2) is 6.58. The summed E-state index contributed by atoms with van der Waals surface area (Å²) in [6, 6.07) is 0. The van der Waals surface area contributed by atoms with Crippen LogP contribution in [0.5, 0.6) is 0 Å². The van der Waals surface area contributed by atoms with Gasteiger partial charge in [0.15, 0.2) is 0 Å². The third-order valence-electron chi connectivity index (χ3n) is 4.06. The zero-order chi connectivity index (χ0) is 11.2. The molecule has 0 unspecified atom stereocenters. The lowest BCUT2D eigenvalue weighted by atomic mass is 9.96. The maximum absolute atomic E-state index is 3.52. The minimum atomic E-state index is 0.940. The van der Waals surface area contributed by atoms with Crippen molar-refractivity contribution in [1.82, 2.24) is 15.1 Å². The lowest BCUT2D eigenvalue weighted by Gasteiger charge is -2.26. The summed E-state index contributed by atoms with van der Waals surface area (Å²) in [6.07, 6.45) is 5.57. The lowest BCUT2D eigenvalue weighted by Crippen LogP contribution is -2.34. The van der Waals surface area contributed by atoms with Gasteiger partial charge in [-0.25, -0.2) is 0 Å². The fourth-order valence-corrected chi connectivity index (χ4v) is 2.86. The summed E-state index contributed by atoms with van der Waals surface area (Å²) >= 11 is 0. The molecule has 2 saturated heterocycles. The predicted octanol–water partition coefficient (Wildman–Crippen LogP) is 1.01. The van der Waals surface area contributed by atoms with E-state index in [9.17, 15) is 0 Å². The fourth-order valence-electron chi connectivity index (χ4n) is 2.86. The van der Waals surface area contributed by atoms with E-state index in [1.165, 1.54) is 71.5 Å². The second-order valence-corrected chi connectivity index (χ2v) is 5.50. The minimum Gasteiger partial charge on any atom is -0.316 e. The molecule has 0 aliphatic carbocycles. The lowest BCUT2D eigenvalue weighted by molar-refractivity contribution is 0.241. The Bertz CT molecular complexity index is 190. The maximum Gasteiger partial charge on any atom is 0.0109 e. The first kappa shape index (κ1) is 12.3. The Morgan fingerprint density at radius 3 is 2.88 bits per heavy atom. The second-order valence-electron chi connectivity index (χ2n) is 5.50. The van der Waals surface area contributed by atoms with Crippen molar-refractivity contribution in [3.05, 3.63) is 0 Å². The monoisotopic (exact) mass is 225 g/mol. The molecule has 0 radical (unpaired) electrons. The van der Waals surface area contributed by atoms with Gasteiger partial charge in [0.1, 0.15) is 0 Å². The molecule has 3 heteroatoms. The van der Waals surface area contributed by atoms with Crippen molar-refractivity contribution in [2.45, 2.75) is 25.7 Å². The Hall–Kier alpha value is -0.120. The van der Waals surface area contributed by atoms with Crippen molar-refractivity contribution in [3.63, 3.8) is 0 Å². The highest BCUT2D eigenvalue weighted by atomic mass is 15.2. The van der Waals surface area contributed by atoms with Crippen molar-refractivity contribution in [2.24, 2.45) is 5.92 Å². The molecule has 0 bridgehead atoms. The SMILES string of the molecule is CN1CCCN(CC[C@@H]2CCCNC2)CC1. The van der Waals surface area contributed by atoms with E-state index < -0.39 is 0 Å². The van der Waals surface area contributed by atoms with Crippen LogP contribution in [0.1, 0.15) is 25.7 Å². The van der Waals surface area contributed by atoms with Crippen LogP contribution >= 0.6 is 0 Å². The summed E-state index contributed by atoms with van der Waals surface area (Å²) in [5, 5.41) is 3.52. The van der Waals surface area contributed by atoms with E-state index in [0.717, 1.165) is 5.92 Å². The van der Waals surface area contributed by atoms with Gasteiger partial charge in [-0.2, -0.15) is 0 Å². The van der Waals surface area contributed by atoms with Crippen molar-refractivity contribution in [3.8, 4) is 0 Å². The average Bonchev–Trinajstić information content (AvgIpc) is 2.53. The molecule has 2 heterocycles. The van der Waals surface area contributed by atoms with Crippen molar-refractivity contribution in [2.75, 3.05) is 52.9 Å². The first-order chi connectivity index (χ1) is 7.84. The Morgan fingerprint density at radius 1 is 1.12 bits per heavy atom. The van der Waals surface area contributed by atoms with Crippen LogP contribution in [-0.2, 0) is 0 Å². The van der Waals surface area contributed by atoms with Gasteiger partial charge in [-0.15, -0.1) is 0 Å². The summed E-state index contributed by atoms with van der Waals surface area (Å²) in [5.74, 6) is 0.940. The number of nitrogens with zero attached hydrogens (tertiary/aromatic N) is 2. The molecular formula is C13H27N3. The molecule has 2 fully saturated rings. The van der Waals surface area contributed by atoms with E-state index in [2.05, 4.69) is 22.2 Å². The van der Waals surface area contributed by atoms with Gasteiger partial charge in [-0.1, -0.05) is 0 Å². The van der Waals surface area contributed by atoms with Gasteiger partial charge in [-0.05, 0) is 71.4 Å². The molecule has 0 aromatic rings. The molecule has 0 spiro atoms. The van der Waals surface area contributed by atoms with Gasteiger partial charge in [-0.3, -0.25) is 0 Å². The number of likely N-dealkylation sites (N-methyl/N-ethyl adjacent to an activating group) is 1.